The number of fused-ring (bicyclic) bond motifs is 1. The maximum atomic E-state index is 5.54. The molecule has 1 aliphatic heterocycles. The van der Waals surface area contributed by atoms with Crippen LogP contribution < -0.4 is 10.1 Å². The van der Waals surface area contributed by atoms with Crippen LogP contribution in [0.5, 0.6) is 5.75 Å². The van der Waals surface area contributed by atoms with Crippen molar-refractivity contribution in [1.29, 1.82) is 0 Å². The summed E-state index contributed by atoms with van der Waals surface area (Å²) in [5, 5.41) is 3.53. The van der Waals surface area contributed by atoms with Gasteiger partial charge in [-0.25, -0.2) is 0 Å². The number of ether oxygens (including phenoxy) is 1. The Hall–Kier alpha value is -1.46. The molecule has 2 rings (SSSR count). The van der Waals surface area contributed by atoms with Crippen LogP contribution in [0, 0.1) is 12.3 Å². The average Bonchev–Trinajstić information content (AvgIpc) is 2.87. The van der Waals surface area contributed by atoms with Gasteiger partial charge in [-0.3, -0.25) is 5.32 Å². The van der Waals surface area contributed by atoms with E-state index in [0.717, 1.165) is 31.6 Å². The van der Waals surface area contributed by atoms with E-state index in [1.165, 1.54) is 11.1 Å². The molecule has 96 valence electrons. The molecule has 1 aromatic rings. The van der Waals surface area contributed by atoms with Crippen LogP contribution in [0.15, 0.2) is 18.2 Å². The van der Waals surface area contributed by atoms with E-state index in [1.54, 1.807) is 0 Å². The van der Waals surface area contributed by atoms with Gasteiger partial charge >= 0.3 is 0 Å². The van der Waals surface area contributed by atoms with Crippen molar-refractivity contribution in [2.75, 3.05) is 6.61 Å². The molecule has 2 unspecified atom stereocenters. The molecule has 2 nitrogen and oxygen atoms in total. The Balaban J connectivity index is 2.15. The van der Waals surface area contributed by atoms with E-state index in [9.17, 15) is 0 Å². The van der Waals surface area contributed by atoms with Gasteiger partial charge in [0, 0.05) is 12.5 Å². The quantitative estimate of drug-likeness (QED) is 0.802. The fourth-order valence-corrected chi connectivity index (χ4v) is 2.40. The summed E-state index contributed by atoms with van der Waals surface area (Å²) in [6.07, 6.45) is 8.54. The van der Waals surface area contributed by atoms with Crippen molar-refractivity contribution in [3.05, 3.63) is 29.3 Å². The first-order chi connectivity index (χ1) is 8.78. The van der Waals surface area contributed by atoms with E-state index in [1.807, 2.05) is 0 Å². The third-order valence-corrected chi connectivity index (χ3v) is 3.54. The van der Waals surface area contributed by atoms with Crippen molar-refractivity contribution < 1.29 is 4.74 Å². The highest BCUT2D eigenvalue weighted by Gasteiger charge is 2.17. The summed E-state index contributed by atoms with van der Waals surface area (Å²) in [6.45, 7) is 5.11. The first-order valence-corrected chi connectivity index (χ1v) is 6.76. The highest BCUT2D eigenvalue weighted by Crippen LogP contribution is 2.29. The largest absolute Gasteiger partial charge is 0.493 e. The standard InChI is InChI=1S/C16H21NO/c1-4-14(5-2)17-15(6-3)12-7-8-16-13(11-12)9-10-18-16/h1,7-8,11,14-15,17H,5-6,9-10H2,2-3H3. The van der Waals surface area contributed by atoms with Gasteiger partial charge in [-0.15, -0.1) is 6.42 Å². The van der Waals surface area contributed by atoms with E-state index in [2.05, 4.69) is 43.3 Å². The minimum Gasteiger partial charge on any atom is -0.493 e. The Labute approximate surface area is 110 Å². The SMILES string of the molecule is C#CC(CC)NC(CC)c1ccc2c(c1)CCO2. The monoisotopic (exact) mass is 243 g/mol. The minimum atomic E-state index is 0.152. The van der Waals surface area contributed by atoms with Gasteiger partial charge in [-0.05, 0) is 30.0 Å². The maximum Gasteiger partial charge on any atom is 0.122 e. The maximum absolute atomic E-state index is 5.54. The molecule has 0 saturated heterocycles. The van der Waals surface area contributed by atoms with Crippen LogP contribution in [-0.2, 0) is 6.42 Å². The predicted molar refractivity (Wildman–Crippen MR) is 74.7 cm³/mol. The molecule has 0 fully saturated rings. The molecule has 0 aromatic heterocycles. The van der Waals surface area contributed by atoms with E-state index < -0.39 is 0 Å². The van der Waals surface area contributed by atoms with Gasteiger partial charge in [0.1, 0.15) is 5.75 Å². The van der Waals surface area contributed by atoms with Crippen molar-refractivity contribution >= 4 is 0 Å². The van der Waals surface area contributed by atoms with Crippen LogP contribution >= 0.6 is 0 Å². The fourth-order valence-electron chi connectivity index (χ4n) is 2.40. The lowest BCUT2D eigenvalue weighted by Crippen LogP contribution is -2.30. The zero-order chi connectivity index (χ0) is 13.0. The van der Waals surface area contributed by atoms with Crippen molar-refractivity contribution in [3.63, 3.8) is 0 Å². The average molecular weight is 243 g/mol. The van der Waals surface area contributed by atoms with Crippen LogP contribution in [0.4, 0.5) is 0 Å². The van der Waals surface area contributed by atoms with Crippen LogP contribution in [0.1, 0.15) is 43.9 Å². The molecule has 1 heterocycles. The lowest BCUT2D eigenvalue weighted by Gasteiger charge is -2.21. The van der Waals surface area contributed by atoms with Crippen LogP contribution in [-0.4, -0.2) is 12.6 Å². The molecular formula is C16H21NO. The topological polar surface area (TPSA) is 21.3 Å². The van der Waals surface area contributed by atoms with E-state index in [0.29, 0.717) is 6.04 Å². The molecule has 18 heavy (non-hydrogen) atoms. The molecule has 1 N–H and O–H groups in total. The Bertz CT molecular complexity index is 447. The molecule has 0 radical (unpaired) electrons. The Morgan fingerprint density at radius 3 is 2.89 bits per heavy atom. The number of hydrogen-bond acceptors (Lipinski definition) is 2. The molecule has 2 heteroatoms. The van der Waals surface area contributed by atoms with Gasteiger partial charge in [-0.1, -0.05) is 31.9 Å². The smallest absolute Gasteiger partial charge is 0.122 e. The Morgan fingerprint density at radius 1 is 1.39 bits per heavy atom. The molecule has 0 aliphatic carbocycles. The highest BCUT2D eigenvalue weighted by atomic mass is 16.5. The molecule has 0 spiro atoms. The van der Waals surface area contributed by atoms with Gasteiger partial charge in [0.25, 0.3) is 0 Å². The van der Waals surface area contributed by atoms with Crippen molar-refractivity contribution in [2.45, 2.75) is 45.2 Å². The van der Waals surface area contributed by atoms with Gasteiger partial charge < -0.3 is 4.74 Å². The summed E-state index contributed by atoms with van der Waals surface area (Å²) in [4.78, 5) is 0. The summed E-state index contributed by atoms with van der Waals surface area (Å²) >= 11 is 0. The second kappa shape index (κ2) is 5.93. The summed E-state index contributed by atoms with van der Waals surface area (Å²) in [7, 11) is 0. The zero-order valence-electron chi connectivity index (χ0n) is 11.2. The van der Waals surface area contributed by atoms with Crippen molar-refractivity contribution in [1.82, 2.24) is 5.32 Å². The van der Waals surface area contributed by atoms with E-state index >= 15 is 0 Å². The van der Waals surface area contributed by atoms with Crippen molar-refractivity contribution in [3.8, 4) is 18.1 Å². The first kappa shape index (κ1) is 13.0. The Morgan fingerprint density at radius 2 is 2.22 bits per heavy atom. The van der Waals surface area contributed by atoms with Crippen LogP contribution in [0.3, 0.4) is 0 Å². The molecule has 1 aromatic carbocycles. The summed E-state index contributed by atoms with van der Waals surface area (Å²) in [6, 6.07) is 6.97. The van der Waals surface area contributed by atoms with E-state index in [4.69, 9.17) is 11.2 Å². The summed E-state index contributed by atoms with van der Waals surface area (Å²) < 4.78 is 5.54. The van der Waals surface area contributed by atoms with Gasteiger partial charge in [-0.2, -0.15) is 0 Å². The lowest BCUT2D eigenvalue weighted by atomic mass is 9.99. The minimum absolute atomic E-state index is 0.152. The third kappa shape index (κ3) is 2.68. The van der Waals surface area contributed by atoms with E-state index in [-0.39, 0.29) is 6.04 Å². The van der Waals surface area contributed by atoms with Gasteiger partial charge in [0.05, 0.1) is 12.6 Å². The van der Waals surface area contributed by atoms with Gasteiger partial charge in [0.2, 0.25) is 0 Å². The number of nitrogens with one attached hydrogen (secondary N) is 1. The second-order valence-corrected chi connectivity index (χ2v) is 4.72. The third-order valence-electron chi connectivity index (χ3n) is 3.54. The lowest BCUT2D eigenvalue weighted by molar-refractivity contribution is 0.356. The van der Waals surface area contributed by atoms with Crippen molar-refractivity contribution in [2.24, 2.45) is 0 Å². The molecule has 0 bridgehead atoms. The molecule has 0 saturated carbocycles. The first-order valence-electron chi connectivity index (χ1n) is 6.76. The highest BCUT2D eigenvalue weighted by molar-refractivity contribution is 5.40. The number of terminal acetylenes is 1. The van der Waals surface area contributed by atoms with Gasteiger partial charge in [0.15, 0.2) is 0 Å². The number of hydrogen-bond donors (Lipinski definition) is 1. The molecular weight excluding hydrogens is 222 g/mol. The Kier molecular flexibility index (Phi) is 4.28. The predicted octanol–water partition coefficient (Wildman–Crippen LogP) is 3.07. The molecule has 2 atom stereocenters. The van der Waals surface area contributed by atoms with Crippen LogP contribution in [0.25, 0.3) is 0 Å². The zero-order valence-corrected chi connectivity index (χ0v) is 11.2. The number of rotatable bonds is 5. The van der Waals surface area contributed by atoms with Crippen LogP contribution in [0.2, 0.25) is 0 Å². The number of benzene rings is 1. The molecule has 0 amide bonds. The molecule has 1 aliphatic rings. The summed E-state index contributed by atoms with van der Waals surface area (Å²) in [5.41, 5.74) is 2.64. The summed E-state index contributed by atoms with van der Waals surface area (Å²) in [5.74, 6) is 3.84. The normalized spacial score (nSPS) is 16.5. The second-order valence-electron chi connectivity index (χ2n) is 4.72. The fraction of sp³-hybridized carbons (Fsp3) is 0.500.